The first-order chi connectivity index (χ1) is 9.65. The van der Waals surface area contributed by atoms with Gasteiger partial charge < -0.3 is 26.3 Å². The number of nitrogens with two attached hydrogens (primary N) is 1. The molecule has 0 spiro atoms. The van der Waals surface area contributed by atoms with Crippen molar-refractivity contribution in [2.75, 3.05) is 50.9 Å². The van der Waals surface area contributed by atoms with E-state index in [0.717, 1.165) is 48.7 Å². The quantitative estimate of drug-likeness (QED) is 0.570. The zero-order valence-corrected chi connectivity index (χ0v) is 12.2. The average Bonchev–Trinajstić information content (AvgIpc) is 2.46. The highest BCUT2D eigenvalue weighted by atomic mass is 15.2. The Kier molecular flexibility index (Phi) is 4.63. The highest BCUT2D eigenvalue weighted by Crippen LogP contribution is 2.29. The molecule has 1 heterocycles. The summed E-state index contributed by atoms with van der Waals surface area (Å²) >= 11 is 0. The zero-order valence-electron chi connectivity index (χ0n) is 12.2. The Balaban J connectivity index is 2.37. The Morgan fingerprint density at radius 2 is 2.00 bits per heavy atom. The molecule has 1 aliphatic heterocycles. The number of hydrogen-bond acceptors (Lipinski definition) is 5. The van der Waals surface area contributed by atoms with E-state index < -0.39 is 0 Å². The summed E-state index contributed by atoms with van der Waals surface area (Å²) in [6.45, 7) is 4.11. The third-order valence-corrected chi connectivity index (χ3v) is 3.63. The van der Waals surface area contributed by atoms with E-state index in [1.807, 2.05) is 25.4 Å². The highest BCUT2D eigenvalue weighted by molar-refractivity contribution is 6.10. The van der Waals surface area contributed by atoms with Crippen LogP contribution in [0, 0.1) is 5.41 Å². The Morgan fingerprint density at radius 3 is 2.60 bits per heavy atom. The van der Waals surface area contributed by atoms with Gasteiger partial charge in [-0.05, 0) is 25.2 Å². The second kappa shape index (κ2) is 6.43. The van der Waals surface area contributed by atoms with Gasteiger partial charge in [-0.2, -0.15) is 0 Å². The molecule has 1 fully saturated rings. The molecule has 0 amide bonds. The molecule has 4 N–H and O–H groups in total. The van der Waals surface area contributed by atoms with Crippen LogP contribution in [0.3, 0.4) is 0 Å². The Labute approximate surface area is 120 Å². The predicted molar refractivity (Wildman–Crippen MR) is 86.4 cm³/mol. The molecular weight excluding hydrogens is 250 g/mol. The van der Waals surface area contributed by atoms with Gasteiger partial charge >= 0.3 is 0 Å². The molecule has 2 rings (SSSR count). The molecule has 0 aliphatic carbocycles. The summed E-state index contributed by atoms with van der Waals surface area (Å²) in [5.74, 6) is 0. The zero-order chi connectivity index (χ0) is 14.5. The summed E-state index contributed by atoms with van der Waals surface area (Å²) < 4.78 is 0. The Morgan fingerprint density at radius 1 is 1.30 bits per heavy atom. The minimum Gasteiger partial charge on any atom is -0.399 e. The molecule has 1 aromatic carbocycles. The fraction of sp³-hybridized carbons (Fsp3) is 0.400. The molecule has 1 aromatic rings. The maximum atomic E-state index is 7.61. The number of rotatable bonds is 4. The Bertz CT molecular complexity index is 501. The number of hydrogen-bond donors (Lipinski definition) is 3. The van der Waals surface area contributed by atoms with E-state index in [2.05, 4.69) is 28.2 Å². The molecule has 1 saturated heterocycles. The van der Waals surface area contributed by atoms with Gasteiger partial charge in [-0.15, -0.1) is 0 Å². The minimum atomic E-state index is 0.724. The lowest BCUT2D eigenvalue weighted by Gasteiger charge is -2.35. The molecule has 5 nitrogen and oxygen atoms in total. The van der Waals surface area contributed by atoms with Gasteiger partial charge in [-0.25, -0.2) is 0 Å². The monoisotopic (exact) mass is 273 g/mol. The molecule has 0 aromatic heterocycles. The van der Waals surface area contributed by atoms with Crippen molar-refractivity contribution in [2.24, 2.45) is 0 Å². The topological polar surface area (TPSA) is 68.4 Å². The first-order valence-corrected chi connectivity index (χ1v) is 6.87. The van der Waals surface area contributed by atoms with Gasteiger partial charge in [-0.3, -0.25) is 0 Å². The SMILES string of the molecule is CN/C=C(\C=N)c1cc(N)ccc1N1CCN(C)CC1. The van der Waals surface area contributed by atoms with Gasteiger partial charge in [0.05, 0.1) is 0 Å². The van der Waals surface area contributed by atoms with Crippen molar-refractivity contribution < 1.29 is 0 Å². The minimum absolute atomic E-state index is 0.724. The first-order valence-electron chi connectivity index (χ1n) is 6.87. The van der Waals surface area contributed by atoms with Crippen LogP contribution in [0.25, 0.3) is 5.57 Å². The van der Waals surface area contributed by atoms with Crippen LogP contribution >= 0.6 is 0 Å². The normalized spacial score (nSPS) is 17.1. The molecule has 108 valence electrons. The second-order valence-electron chi connectivity index (χ2n) is 5.10. The molecule has 0 unspecified atom stereocenters. The predicted octanol–water partition coefficient (Wildman–Crippen LogP) is 1.23. The molecule has 0 atom stereocenters. The van der Waals surface area contributed by atoms with Gasteiger partial charge in [0.25, 0.3) is 0 Å². The van der Waals surface area contributed by atoms with Crippen molar-refractivity contribution >= 4 is 23.2 Å². The molecule has 0 radical (unpaired) electrons. The maximum Gasteiger partial charge on any atom is 0.0449 e. The van der Waals surface area contributed by atoms with Crippen LogP contribution in [0.5, 0.6) is 0 Å². The van der Waals surface area contributed by atoms with Crippen LogP contribution < -0.4 is 16.0 Å². The molecule has 20 heavy (non-hydrogen) atoms. The van der Waals surface area contributed by atoms with Crippen LogP contribution in [0.15, 0.2) is 24.4 Å². The number of piperazine rings is 1. The largest absolute Gasteiger partial charge is 0.399 e. The number of anilines is 2. The van der Waals surface area contributed by atoms with E-state index in [4.69, 9.17) is 11.1 Å². The van der Waals surface area contributed by atoms with E-state index in [0.29, 0.717) is 0 Å². The van der Waals surface area contributed by atoms with Crippen molar-refractivity contribution in [2.45, 2.75) is 0 Å². The lowest BCUT2D eigenvalue weighted by Crippen LogP contribution is -2.44. The fourth-order valence-electron chi connectivity index (χ4n) is 2.46. The summed E-state index contributed by atoms with van der Waals surface area (Å²) in [7, 11) is 3.98. The molecule has 0 saturated carbocycles. The number of nitrogens with zero attached hydrogens (tertiary/aromatic N) is 2. The number of benzene rings is 1. The summed E-state index contributed by atoms with van der Waals surface area (Å²) in [5, 5.41) is 10.6. The molecular formula is C15H23N5. The van der Waals surface area contributed by atoms with E-state index in [1.54, 1.807) is 0 Å². The number of nitrogen functional groups attached to an aromatic ring is 1. The number of likely N-dealkylation sites (N-methyl/N-ethyl adjacent to an activating group) is 1. The standard InChI is InChI=1S/C15H23N5/c1-18-11-12(10-16)14-9-13(17)3-4-15(14)20-7-5-19(2)6-8-20/h3-4,9-11,16,18H,5-8,17H2,1-2H3/b12-11+,16-10?. The van der Waals surface area contributed by atoms with Crippen LogP contribution in [-0.4, -0.2) is 51.4 Å². The lowest BCUT2D eigenvalue weighted by atomic mass is 10.0. The van der Waals surface area contributed by atoms with E-state index in [9.17, 15) is 0 Å². The number of allylic oxidation sites excluding steroid dienone is 1. The van der Waals surface area contributed by atoms with E-state index in [-0.39, 0.29) is 0 Å². The second-order valence-corrected chi connectivity index (χ2v) is 5.10. The smallest absolute Gasteiger partial charge is 0.0449 e. The van der Waals surface area contributed by atoms with Crippen LogP contribution in [0.1, 0.15) is 5.56 Å². The molecule has 1 aliphatic rings. The molecule has 0 bridgehead atoms. The fourth-order valence-corrected chi connectivity index (χ4v) is 2.46. The third-order valence-electron chi connectivity index (χ3n) is 3.63. The van der Waals surface area contributed by atoms with Crippen molar-refractivity contribution in [1.29, 1.82) is 5.41 Å². The van der Waals surface area contributed by atoms with Crippen molar-refractivity contribution in [1.82, 2.24) is 10.2 Å². The summed E-state index contributed by atoms with van der Waals surface area (Å²) in [6, 6.07) is 5.93. The summed E-state index contributed by atoms with van der Waals surface area (Å²) in [6.07, 6.45) is 3.20. The van der Waals surface area contributed by atoms with Gasteiger partial charge in [0.1, 0.15) is 0 Å². The average molecular weight is 273 g/mol. The van der Waals surface area contributed by atoms with E-state index in [1.165, 1.54) is 6.21 Å². The third kappa shape index (κ3) is 3.11. The summed E-state index contributed by atoms with van der Waals surface area (Å²) in [4.78, 5) is 4.69. The van der Waals surface area contributed by atoms with Crippen LogP contribution in [0.2, 0.25) is 0 Å². The molecule has 5 heteroatoms. The van der Waals surface area contributed by atoms with E-state index >= 15 is 0 Å². The Hall–Kier alpha value is -2.01. The van der Waals surface area contributed by atoms with Gasteiger partial charge in [0.2, 0.25) is 0 Å². The summed E-state index contributed by atoms with van der Waals surface area (Å²) in [5.41, 5.74) is 9.65. The van der Waals surface area contributed by atoms with Crippen molar-refractivity contribution in [3.8, 4) is 0 Å². The lowest BCUT2D eigenvalue weighted by molar-refractivity contribution is 0.313. The van der Waals surface area contributed by atoms with Crippen LogP contribution in [0.4, 0.5) is 11.4 Å². The van der Waals surface area contributed by atoms with Crippen LogP contribution in [-0.2, 0) is 0 Å². The van der Waals surface area contributed by atoms with Crippen molar-refractivity contribution in [3.05, 3.63) is 30.0 Å². The van der Waals surface area contributed by atoms with Crippen molar-refractivity contribution in [3.63, 3.8) is 0 Å². The van der Waals surface area contributed by atoms with Gasteiger partial charge in [0, 0.05) is 68.2 Å². The van der Waals surface area contributed by atoms with Gasteiger partial charge in [0.15, 0.2) is 0 Å². The highest BCUT2D eigenvalue weighted by Gasteiger charge is 2.18. The first kappa shape index (κ1) is 14.4. The van der Waals surface area contributed by atoms with Gasteiger partial charge in [-0.1, -0.05) is 0 Å². The maximum absolute atomic E-state index is 7.61. The number of nitrogens with one attached hydrogen (secondary N) is 2.